The van der Waals surface area contributed by atoms with E-state index in [0.717, 1.165) is 24.1 Å². The lowest BCUT2D eigenvalue weighted by molar-refractivity contribution is -0.136. The summed E-state index contributed by atoms with van der Waals surface area (Å²) in [7, 11) is 0. The Morgan fingerprint density at radius 2 is 2.08 bits per heavy atom. The molecule has 4 N–H and O–H groups in total. The molecule has 25 heavy (non-hydrogen) atoms. The zero-order valence-corrected chi connectivity index (χ0v) is 14.0. The molecule has 4 rings (SSSR count). The summed E-state index contributed by atoms with van der Waals surface area (Å²) in [4.78, 5) is 37.7. The minimum Gasteiger partial charge on any atom is -0.327 e. The quantitative estimate of drug-likeness (QED) is 0.648. The normalized spacial score (nSPS) is 28.1. The van der Waals surface area contributed by atoms with E-state index in [-0.39, 0.29) is 24.1 Å². The molecule has 1 saturated carbocycles. The van der Waals surface area contributed by atoms with Gasteiger partial charge in [-0.2, -0.15) is 0 Å². The molecule has 0 spiro atoms. The fourth-order valence-corrected chi connectivity index (χ4v) is 3.62. The molecular weight excluding hydrogens is 320 g/mol. The second kappa shape index (κ2) is 6.24. The van der Waals surface area contributed by atoms with Gasteiger partial charge in [-0.3, -0.25) is 19.7 Å². The lowest BCUT2D eigenvalue weighted by Crippen LogP contribution is -2.52. The number of hydrogen-bond donors (Lipinski definition) is 3. The highest BCUT2D eigenvalue weighted by Gasteiger charge is 2.39. The van der Waals surface area contributed by atoms with E-state index < -0.39 is 6.04 Å². The largest absolute Gasteiger partial charge is 0.327 e. The SMILES string of the molecule is NC1CC1CNCc1ccc2c(c1)C(=O)N(C1CCC(=O)NC1=O)C2. The lowest BCUT2D eigenvalue weighted by atomic mass is 10.0. The van der Waals surface area contributed by atoms with Crippen LogP contribution in [0, 0.1) is 5.92 Å². The van der Waals surface area contributed by atoms with Crippen LogP contribution in [0.1, 0.15) is 40.7 Å². The minimum absolute atomic E-state index is 0.129. The fraction of sp³-hybridized carbons (Fsp3) is 0.500. The predicted molar refractivity (Wildman–Crippen MR) is 90.3 cm³/mol. The number of nitrogens with zero attached hydrogens (tertiary/aromatic N) is 1. The van der Waals surface area contributed by atoms with E-state index in [4.69, 9.17) is 5.73 Å². The number of hydrogen-bond acceptors (Lipinski definition) is 5. The van der Waals surface area contributed by atoms with Gasteiger partial charge in [-0.05, 0) is 42.5 Å². The number of carbonyl (C=O) groups excluding carboxylic acids is 3. The molecule has 7 heteroatoms. The van der Waals surface area contributed by atoms with Crippen molar-refractivity contribution < 1.29 is 14.4 Å². The van der Waals surface area contributed by atoms with E-state index in [1.54, 1.807) is 4.90 Å². The van der Waals surface area contributed by atoms with Crippen LogP contribution in [0.2, 0.25) is 0 Å². The molecule has 0 bridgehead atoms. The summed E-state index contributed by atoms with van der Waals surface area (Å²) in [6, 6.07) is 5.65. The van der Waals surface area contributed by atoms with Gasteiger partial charge in [-0.15, -0.1) is 0 Å². The number of piperidine rings is 1. The molecule has 1 aromatic carbocycles. The summed E-state index contributed by atoms with van der Waals surface area (Å²) < 4.78 is 0. The predicted octanol–water partition coefficient (Wildman–Crippen LogP) is -0.116. The maximum absolute atomic E-state index is 12.7. The summed E-state index contributed by atoms with van der Waals surface area (Å²) in [6.07, 6.45) is 1.74. The van der Waals surface area contributed by atoms with Crippen LogP contribution in [0.15, 0.2) is 18.2 Å². The van der Waals surface area contributed by atoms with Gasteiger partial charge in [-0.25, -0.2) is 0 Å². The Morgan fingerprint density at radius 3 is 2.80 bits per heavy atom. The van der Waals surface area contributed by atoms with Crippen LogP contribution < -0.4 is 16.4 Å². The molecule has 0 radical (unpaired) electrons. The Kier molecular flexibility index (Phi) is 4.05. The Balaban J connectivity index is 1.42. The summed E-state index contributed by atoms with van der Waals surface area (Å²) >= 11 is 0. The molecule has 1 aromatic rings. The molecule has 0 aromatic heterocycles. The average molecular weight is 342 g/mol. The smallest absolute Gasteiger partial charge is 0.255 e. The van der Waals surface area contributed by atoms with E-state index in [9.17, 15) is 14.4 Å². The highest BCUT2D eigenvalue weighted by atomic mass is 16.2. The molecular formula is C18H22N4O3. The van der Waals surface area contributed by atoms with Crippen molar-refractivity contribution in [2.75, 3.05) is 6.54 Å². The van der Waals surface area contributed by atoms with Gasteiger partial charge in [0.2, 0.25) is 11.8 Å². The van der Waals surface area contributed by atoms with Crippen molar-refractivity contribution in [2.45, 2.75) is 44.4 Å². The Labute approximate surface area is 145 Å². The van der Waals surface area contributed by atoms with Gasteiger partial charge in [0.1, 0.15) is 6.04 Å². The van der Waals surface area contributed by atoms with E-state index in [0.29, 0.717) is 37.0 Å². The maximum Gasteiger partial charge on any atom is 0.255 e. The first kappa shape index (κ1) is 16.2. The standard InChI is InChI=1S/C18H22N4O3/c19-14-6-12(14)8-20-7-10-1-2-11-9-22(18(25)13(11)5-10)15-3-4-16(23)21-17(15)24/h1-2,5,12,14-15,20H,3-4,6-9,19H2,(H,21,23,24). The average Bonchev–Trinajstić information content (AvgIpc) is 3.19. The van der Waals surface area contributed by atoms with Crippen LogP contribution in [0.5, 0.6) is 0 Å². The van der Waals surface area contributed by atoms with Crippen LogP contribution in [-0.4, -0.2) is 41.2 Å². The summed E-state index contributed by atoms with van der Waals surface area (Å²) in [5.41, 5.74) is 8.44. The molecule has 132 valence electrons. The van der Waals surface area contributed by atoms with Crippen LogP contribution in [-0.2, 0) is 22.7 Å². The van der Waals surface area contributed by atoms with Crippen molar-refractivity contribution in [3.05, 3.63) is 34.9 Å². The molecule has 1 aliphatic carbocycles. The number of carbonyl (C=O) groups is 3. The number of amides is 3. The third-order valence-electron chi connectivity index (χ3n) is 5.31. The Bertz CT molecular complexity index is 748. The zero-order valence-electron chi connectivity index (χ0n) is 14.0. The van der Waals surface area contributed by atoms with Gasteiger partial charge in [0.25, 0.3) is 5.91 Å². The summed E-state index contributed by atoms with van der Waals surface area (Å²) in [5, 5.41) is 5.70. The van der Waals surface area contributed by atoms with Gasteiger partial charge in [0, 0.05) is 31.1 Å². The monoisotopic (exact) mass is 342 g/mol. The summed E-state index contributed by atoms with van der Waals surface area (Å²) in [5.74, 6) is -0.205. The first-order chi connectivity index (χ1) is 12.0. The minimum atomic E-state index is -0.560. The maximum atomic E-state index is 12.7. The van der Waals surface area contributed by atoms with Crippen molar-refractivity contribution in [1.29, 1.82) is 0 Å². The molecule has 3 atom stereocenters. The Morgan fingerprint density at radius 1 is 1.28 bits per heavy atom. The van der Waals surface area contributed by atoms with Gasteiger partial charge in [0.05, 0.1) is 0 Å². The third kappa shape index (κ3) is 3.17. The van der Waals surface area contributed by atoms with Crippen molar-refractivity contribution >= 4 is 17.7 Å². The van der Waals surface area contributed by atoms with Crippen molar-refractivity contribution in [2.24, 2.45) is 11.7 Å². The van der Waals surface area contributed by atoms with Crippen LogP contribution in [0.3, 0.4) is 0 Å². The fourth-order valence-electron chi connectivity index (χ4n) is 3.62. The van der Waals surface area contributed by atoms with Gasteiger partial charge >= 0.3 is 0 Å². The highest BCUT2D eigenvalue weighted by molar-refractivity contribution is 6.05. The van der Waals surface area contributed by atoms with Gasteiger partial charge in [0.15, 0.2) is 0 Å². The van der Waals surface area contributed by atoms with Crippen LogP contribution >= 0.6 is 0 Å². The van der Waals surface area contributed by atoms with Crippen molar-refractivity contribution in [1.82, 2.24) is 15.5 Å². The topological polar surface area (TPSA) is 105 Å². The third-order valence-corrected chi connectivity index (χ3v) is 5.31. The van der Waals surface area contributed by atoms with Crippen LogP contribution in [0.25, 0.3) is 0 Å². The lowest BCUT2D eigenvalue weighted by Gasteiger charge is -2.29. The number of benzene rings is 1. The molecule has 3 aliphatic rings. The number of rotatable bonds is 5. The van der Waals surface area contributed by atoms with Gasteiger partial charge in [-0.1, -0.05) is 12.1 Å². The van der Waals surface area contributed by atoms with Crippen LogP contribution in [0.4, 0.5) is 0 Å². The number of fused-ring (bicyclic) bond motifs is 1. The zero-order chi connectivity index (χ0) is 17.6. The first-order valence-electron chi connectivity index (χ1n) is 8.75. The second-order valence-corrected chi connectivity index (χ2v) is 7.18. The molecule has 3 amide bonds. The number of nitrogens with two attached hydrogens (primary N) is 1. The van der Waals surface area contributed by atoms with Crippen molar-refractivity contribution in [3.63, 3.8) is 0 Å². The van der Waals surface area contributed by atoms with E-state index in [1.807, 2.05) is 18.2 Å². The molecule has 7 nitrogen and oxygen atoms in total. The summed E-state index contributed by atoms with van der Waals surface area (Å²) in [6.45, 7) is 2.02. The molecule has 2 heterocycles. The van der Waals surface area contributed by atoms with E-state index in [1.165, 1.54) is 0 Å². The molecule has 2 fully saturated rings. The highest BCUT2D eigenvalue weighted by Crippen LogP contribution is 2.29. The number of imide groups is 1. The second-order valence-electron chi connectivity index (χ2n) is 7.18. The molecule has 3 unspecified atom stereocenters. The molecule has 1 saturated heterocycles. The van der Waals surface area contributed by atoms with E-state index in [2.05, 4.69) is 10.6 Å². The van der Waals surface area contributed by atoms with Gasteiger partial charge < -0.3 is 16.0 Å². The van der Waals surface area contributed by atoms with Crippen molar-refractivity contribution in [3.8, 4) is 0 Å². The first-order valence-corrected chi connectivity index (χ1v) is 8.75. The van der Waals surface area contributed by atoms with E-state index >= 15 is 0 Å². The number of nitrogens with one attached hydrogen (secondary N) is 2. The molecule has 2 aliphatic heterocycles. The Hall–Kier alpha value is -2.25.